The molecule has 3 N–H and O–H groups in total. The van der Waals surface area contributed by atoms with Crippen LogP contribution in [0, 0.1) is 11.3 Å². The first kappa shape index (κ1) is 12.5. The molecule has 0 radical (unpaired) electrons. The minimum absolute atomic E-state index is 0.237. The number of nitriles is 1. The third-order valence-corrected chi connectivity index (χ3v) is 2.25. The van der Waals surface area contributed by atoms with E-state index in [-0.39, 0.29) is 11.1 Å². The number of hydrogen-bond acceptors (Lipinski definition) is 5. The van der Waals surface area contributed by atoms with Crippen LogP contribution in [0.25, 0.3) is 0 Å². The molecule has 86 valence electrons. The number of nitrogens with zero attached hydrogens (tertiary/aromatic N) is 1. The summed E-state index contributed by atoms with van der Waals surface area (Å²) in [6.07, 6.45) is -2.63. The second kappa shape index (κ2) is 5.47. The molecule has 0 saturated carbocycles. The van der Waals surface area contributed by atoms with E-state index in [0.717, 1.165) is 0 Å². The summed E-state index contributed by atoms with van der Waals surface area (Å²) >= 11 is 0. The second-order valence-corrected chi connectivity index (χ2v) is 3.26. The van der Waals surface area contributed by atoms with E-state index in [2.05, 4.69) is 0 Å². The quantitative estimate of drug-likeness (QED) is 0.665. The van der Waals surface area contributed by atoms with E-state index in [1.165, 1.54) is 19.2 Å². The zero-order chi connectivity index (χ0) is 12.1. The average Bonchev–Trinajstić information content (AvgIpc) is 2.35. The Balaban J connectivity index is 3.14. The van der Waals surface area contributed by atoms with Crippen molar-refractivity contribution in [3.05, 3.63) is 29.3 Å². The van der Waals surface area contributed by atoms with E-state index in [1.807, 2.05) is 6.07 Å². The van der Waals surface area contributed by atoms with Crippen molar-refractivity contribution in [3.8, 4) is 11.8 Å². The molecule has 0 aliphatic rings. The molecule has 1 aromatic rings. The van der Waals surface area contributed by atoms with E-state index < -0.39 is 18.8 Å². The molecule has 0 amide bonds. The summed E-state index contributed by atoms with van der Waals surface area (Å²) in [6.45, 7) is -0.580. The molecule has 0 spiro atoms. The Morgan fingerprint density at radius 2 is 2.12 bits per heavy atom. The van der Waals surface area contributed by atoms with Gasteiger partial charge in [0.1, 0.15) is 18.0 Å². The Kier molecular flexibility index (Phi) is 4.26. The number of hydrogen-bond donors (Lipinski definition) is 3. The molecule has 1 aromatic carbocycles. The van der Waals surface area contributed by atoms with Crippen LogP contribution in [0.15, 0.2) is 18.2 Å². The summed E-state index contributed by atoms with van der Waals surface area (Å²) in [5, 5.41) is 36.6. The normalized spacial score (nSPS) is 13.9. The fourth-order valence-electron chi connectivity index (χ4n) is 1.32. The van der Waals surface area contributed by atoms with Crippen molar-refractivity contribution in [2.75, 3.05) is 13.7 Å². The molecular formula is C11H13NO4. The van der Waals surface area contributed by atoms with Crippen LogP contribution < -0.4 is 4.74 Å². The van der Waals surface area contributed by atoms with Crippen molar-refractivity contribution in [2.24, 2.45) is 0 Å². The molecule has 0 saturated heterocycles. The third kappa shape index (κ3) is 2.49. The molecule has 0 aromatic heterocycles. The molecule has 0 aliphatic carbocycles. The van der Waals surface area contributed by atoms with Crippen LogP contribution in [-0.4, -0.2) is 35.1 Å². The molecule has 16 heavy (non-hydrogen) atoms. The lowest BCUT2D eigenvalue weighted by Crippen LogP contribution is -2.22. The SMILES string of the molecule is COc1ccc(C#N)c(C(O)C(O)CO)c1. The lowest BCUT2D eigenvalue weighted by molar-refractivity contribution is -0.0154. The zero-order valence-corrected chi connectivity index (χ0v) is 8.79. The predicted octanol–water partition coefficient (Wildman–Crippen LogP) is -0.0465. The number of methoxy groups -OCH3 is 1. The Morgan fingerprint density at radius 3 is 2.62 bits per heavy atom. The van der Waals surface area contributed by atoms with Crippen LogP contribution in [0.4, 0.5) is 0 Å². The monoisotopic (exact) mass is 223 g/mol. The lowest BCUT2D eigenvalue weighted by Gasteiger charge is -2.17. The molecule has 0 heterocycles. The summed E-state index contributed by atoms with van der Waals surface area (Å²) < 4.78 is 4.95. The van der Waals surface area contributed by atoms with Gasteiger partial charge in [-0.2, -0.15) is 5.26 Å². The van der Waals surface area contributed by atoms with Gasteiger partial charge in [-0.3, -0.25) is 0 Å². The van der Waals surface area contributed by atoms with Gasteiger partial charge in [-0.05, 0) is 18.2 Å². The highest BCUT2D eigenvalue weighted by Gasteiger charge is 2.21. The second-order valence-electron chi connectivity index (χ2n) is 3.26. The summed E-state index contributed by atoms with van der Waals surface area (Å²) in [5.74, 6) is 0.471. The molecule has 5 nitrogen and oxygen atoms in total. The van der Waals surface area contributed by atoms with Gasteiger partial charge in [0.25, 0.3) is 0 Å². The van der Waals surface area contributed by atoms with Crippen molar-refractivity contribution in [1.82, 2.24) is 0 Å². The topological polar surface area (TPSA) is 93.7 Å². The van der Waals surface area contributed by atoms with Crippen LogP contribution >= 0.6 is 0 Å². The fourth-order valence-corrected chi connectivity index (χ4v) is 1.32. The molecule has 0 aliphatic heterocycles. The van der Waals surface area contributed by atoms with Crippen molar-refractivity contribution in [3.63, 3.8) is 0 Å². The molecule has 0 bridgehead atoms. The van der Waals surface area contributed by atoms with Crippen LogP contribution in [-0.2, 0) is 0 Å². The Hall–Kier alpha value is -1.61. The number of ether oxygens (including phenoxy) is 1. The van der Waals surface area contributed by atoms with Gasteiger partial charge >= 0.3 is 0 Å². The molecule has 2 atom stereocenters. The van der Waals surface area contributed by atoms with Gasteiger partial charge in [0.15, 0.2) is 0 Å². The van der Waals surface area contributed by atoms with E-state index in [9.17, 15) is 10.2 Å². The maximum Gasteiger partial charge on any atom is 0.119 e. The smallest absolute Gasteiger partial charge is 0.119 e. The maximum absolute atomic E-state index is 9.70. The maximum atomic E-state index is 9.70. The summed E-state index contributed by atoms with van der Waals surface area (Å²) in [7, 11) is 1.46. The summed E-state index contributed by atoms with van der Waals surface area (Å²) in [6, 6.07) is 6.43. The number of aliphatic hydroxyl groups excluding tert-OH is 3. The first-order chi connectivity index (χ1) is 7.63. The van der Waals surface area contributed by atoms with E-state index in [0.29, 0.717) is 5.75 Å². The highest BCUT2D eigenvalue weighted by Crippen LogP contribution is 2.25. The van der Waals surface area contributed by atoms with Crippen molar-refractivity contribution in [1.29, 1.82) is 5.26 Å². The van der Waals surface area contributed by atoms with E-state index >= 15 is 0 Å². The minimum Gasteiger partial charge on any atom is -0.497 e. The van der Waals surface area contributed by atoms with Crippen molar-refractivity contribution >= 4 is 0 Å². The minimum atomic E-state index is -1.32. The van der Waals surface area contributed by atoms with Crippen molar-refractivity contribution < 1.29 is 20.1 Å². The lowest BCUT2D eigenvalue weighted by atomic mass is 9.99. The largest absolute Gasteiger partial charge is 0.497 e. The molecule has 1 rings (SSSR count). The number of benzene rings is 1. The fraction of sp³-hybridized carbons (Fsp3) is 0.364. The van der Waals surface area contributed by atoms with Gasteiger partial charge < -0.3 is 20.1 Å². The van der Waals surface area contributed by atoms with Crippen LogP contribution in [0.2, 0.25) is 0 Å². The molecule has 2 unspecified atom stereocenters. The van der Waals surface area contributed by atoms with Crippen LogP contribution in [0.5, 0.6) is 5.75 Å². The Morgan fingerprint density at radius 1 is 1.44 bits per heavy atom. The summed E-state index contributed by atoms with van der Waals surface area (Å²) in [5.41, 5.74) is 0.476. The molecule has 5 heteroatoms. The Labute approximate surface area is 93.1 Å². The van der Waals surface area contributed by atoms with E-state index in [4.69, 9.17) is 15.1 Å². The zero-order valence-electron chi connectivity index (χ0n) is 8.79. The van der Waals surface area contributed by atoms with Crippen molar-refractivity contribution in [2.45, 2.75) is 12.2 Å². The van der Waals surface area contributed by atoms with Gasteiger partial charge in [-0.25, -0.2) is 0 Å². The van der Waals surface area contributed by atoms with Gasteiger partial charge in [0, 0.05) is 5.56 Å². The van der Waals surface area contributed by atoms with Gasteiger partial charge in [0.05, 0.1) is 25.3 Å². The number of aliphatic hydroxyl groups is 3. The molecule has 0 fully saturated rings. The predicted molar refractivity (Wildman–Crippen MR) is 55.8 cm³/mol. The van der Waals surface area contributed by atoms with Gasteiger partial charge in [-0.15, -0.1) is 0 Å². The van der Waals surface area contributed by atoms with Crippen LogP contribution in [0.1, 0.15) is 17.2 Å². The van der Waals surface area contributed by atoms with Gasteiger partial charge in [-0.1, -0.05) is 0 Å². The Bertz CT molecular complexity index is 399. The van der Waals surface area contributed by atoms with Crippen LogP contribution in [0.3, 0.4) is 0 Å². The summed E-state index contributed by atoms with van der Waals surface area (Å²) in [4.78, 5) is 0. The number of rotatable bonds is 4. The van der Waals surface area contributed by atoms with Gasteiger partial charge in [0.2, 0.25) is 0 Å². The van der Waals surface area contributed by atoms with E-state index in [1.54, 1.807) is 6.07 Å². The highest BCUT2D eigenvalue weighted by atomic mass is 16.5. The molecular weight excluding hydrogens is 210 g/mol. The standard InChI is InChI=1S/C11H13NO4/c1-16-8-3-2-7(5-12)9(4-8)11(15)10(14)6-13/h2-4,10-11,13-15H,6H2,1H3. The highest BCUT2D eigenvalue weighted by molar-refractivity contribution is 5.44. The average molecular weight is 223 g/mol. The first-order valence-corrected chi connectivity index (χ1v) is 4.69. The first-order valence-electron chi connectivity index (χ1n) is 4.69. The third-order valence-electron chi connectivity index (χ3n) is 2.25.